The molecule has 0 radical (unpaired) electrons. The molecule has 2 fully saturated rings. The van der Waals surface area contributed by atoms with Crippen LogP contribution in [-0.2, 0) is 0 Å². The lowest BCUT2D eigenvalue weighted by atomic mass is 10.1. The lowest BCUT2D eigenvalue weighted by Gasteiger charge is -2.37. The standard InChI is InChI=1S/C21H23FN4O4/c1-30-20-7-5-16(13-17(20)22)24-8-10-25(11-9-24)18-6-2-14(12-19(18)26(28)29)21(27)23-15-3-4-15/h2,5-7,12-13,15H,3-4,8-11H2,1H3,(H,23,27). The molecule has 0 atom stereocenters. The molecule has 1 saturated carbocycles. The van der Waals surface area contributed by atoms with Crippen LogP contribution in [0.4, 0.5) is 21.5 Å². The lowest BCUT2D eigenvalue weighted by molar-refractivity contribution is -0.384. The molecule has 158 valence electrons. The third-order valence-electron chi connectivity index (χ3n) is 5.47. The van der Waals surface area contributed by atoms with E-state index in [4.69, 9.17) is 4.74 Å². The first-order chi connectivity index (χ1) is 14.5. The maximum Gasteiger partial charge on any atom is 0.293 e. The van der Waals surface area contributed by atoms with E-state index in [0.717, 1.165) is 18.5 Å². The molecule has 0 aromatic heterocycles. The zero-order valence-electron chi connectivity index (χ0n) is 16.6. The Kier molecular flexibility index (Phi) is 5.43. The van der Waals surface area contributed by atoms with Gasteiger partial charge in [-0.3, -0.25) is 14.9 Å². The van der Waals surface area contributed by atoms with Gasteiger partial charge in [0.2, 0.25) is 0 Å². The second kappa shape index (κ2) is 8.17. The highest BCUT2D eigenvalue weighted by molar-refractivity contribution is 5.96. The highest BCUT2D eigenvalue weighted by Crippen LogP contribution is 2.32. The molecule has 8 nitrogen and oxygen atoms in total. The Balaban J connectivity index is 1.47. The summed E-state index contributed by atoms with van der Waals surface area (Å²) in [6.45, 7) is 2.27. The first-order valence-corrected chi connectivity index (χ1v) is 9.89. The quantitative estimate of drug-likeness (QED) is 0.578. The number of nitrogens with zero attached hydrogens (tertiary/aromatic N) is 3. The van der Waals surface area contributed by atoms with Gasteiger partial charge < -0.3 is 19.9 Å². The molecule has 1 N–H and O–H groups in total. The highest BCUT2D eigenvalue weighted by Gasteiger charge is 2.28. The van der Waals surface area contributed by atoms with Crippen LogP contribution in [0.25, 0.3) is 0 Å². The summed E-state index contributed by atoms with van der Waals surface area (Å²) in [5.74, 6) is -0.509. The Morgan fingerprint density at radius 2 is 1.83 bits per heavy atom. The van der Waals surface area contributed by atoms with Gasteiger partial charge in [-0.15, -0.1) is 0 Å². The number of carbonyl (C=O) groups is 1. The van der Waals surface area contributed by atoms with E-state index >= 15 is 0 Å². The minimum Gasteiger partial charge on any atom is -0.494 e. The predicted molar refractivity (Wildman–Crippen MR) is 111 cm³/mol. The van der Waals surface area contributed by atoms with Crippen molar-refractivity contribution in [2.45, 2.75) is 18.9 Å². The van der Waals surface area contributed by atoms with Crippen molar-refractivity contribution in [3.05, 3.63) is 57.9 Å². The molecule has 0 spiro atoms. The molecule has 1 heterocycles. The molecule has 1 aliphatic carbocycles. The summed E-state index contributed by atoms with van der Waals surface area (Å²) in [4.78, 5) is 27.4. The summed E-state index contributed by atoms with van der Waals surface area (Å²) in [5, 5.41) is 14.5. The number of nitro benzene ring substituents is 1. The van der Waals surface area contributed by atoms with Gasteiger partial charge in [0, 0.05) is 55.6 Å². The van der Waals surface area contributed by atoms with Crippen LogP contribution in [0.3, 0.4) is 0 Å². The van der Waals surface area contributed by atoms with E-state index in [0.29, 0.717) is 37.4 Å². The van der Waals surface area contributed by atoms with Gasteiger partial charge in [0.05, 0.1) is 12.0 Å². The van der Waals surface area contributed by atoms with Crippen molar-refractivity contribution in [1.82, 2.24) is 5.32 Å². The third-order valence-corrected chi connectivity index (χ3v) is 5.47. The summed E-state index contributed by atoms with van der Waals surface area (Å²) in [7, 11) is 1.42. The second-order valence-electron chi connectivity index (χ2n) is 7.50. The Bertz CT molecular complexity index is 971. The van der Waals surface area contributed by atoms with E-state index in [2.05, 4.69) is 5.32 Å². The van der Waals surface area contributed by atoms with Crippen molar-refractivity contribution in [2.75, 3.05) is 43.1 Å². The van der Waals surface area contributed by atoms with Crippen molar-refractivity contribution < 1.29 is 18.8 Å². The summed E-state index contributed by atoms with van der Waals surface area (Å²) in [5.41, 5.74) is 1.45. The van der Waals surface area contributed by atoms with Crippen molar-refractivity contribution in [3.63, 3.8) is 0 Å². The van der Waals surface area contributed by atoms with Gasteiger partial charge in [0.1, 0.15) is 5.69 Å². The van der Waals surface area contributed by atoms with Crippen LogP contribution in [0, 0.1) is 15.9 Å². The number of halogens is 1. The number of benzene rings is 2. The molecule has 1 saturated heterocycles. The summed E-state index contributed by atoms with van der Waals surface area (Å²) in [6.07, 6.45) is 1.91. The normalized spacial score (nSPS) is 16.3. The van der Waals surface area contributed by atoms with Crippen LogP contribution in [0.15, 0.2) is 36.4 Å². The summed E-state index contributed by atoms with van der Waals surface area (Å²) in [6, 6.07) is 9.63. The van der Waals surface area contributed by atoms with Crippen molar-refractivity contribution >= 4 is 23.0 Å². The third kappa shape index (κ3) is 4.14. The number of methoxy groups -OCH3 is 1. The molecule has 0 unspecified atom stereocenters. The smallest absolute Gasteiger partial charge is 0.293 e. The highest BCUT2D eigenvalue weighted by atomic mass is 19.1. The van der Waals surface area contributed by atoms with Crippen LogP contribution in [-0.4, -0.2) is 50.2 Å². The predicted octanol–water partition coefficient (Wildman–Crippen LogP) is 2.96. The maximum atomic E-state index is 14.0. The molecule has 1 aliphatic heterocycles. The monoisotopic (exact) mass is 414 g/mol. The Hall–Kier alpha value is -3.36. The van der Waals surface area contributed by atoms with E-state index < -0.39 is 10.7 Å². The second-order valence-corrected chi connectivity index (χ2v) is 7.50. The number of hydrogen-bond donors (Lipinski definition) is 1. The van der Waals surface area contributed by atoms with Gasteiger partial charge in [-0.25, -0.2) is 4.39 Å². The minimum absolute atomic E-state index is 0.0811. The summed E-state index contributed by atoms with van der Waals surface area (Å²) >= 11 is 0. The minimum atomic E-state index is -0.450. The molecule has 1 amide bonds. The average molecular weight is 414 g/mol. The van der Waals surface area contributed by atoms with Gasteiger partial charge >= 0.3 is 0 Å². The number of ether oxygens (including phenoxy) is 1. The molecule has 0 bridgehead atoms. The number of piperazine rings is 1. The molecule has 9 heteroatoms. The number of anilines is 2. The van der Waals surface area contributed by atoms with E-state index in [-0.39, 0.29) is 23.4 Å². The van der Waals surface area contributed by atoms with Gasteiger partial charge in [0.25, 0.3) is 11.6 Å². The fourth-order valence-electron chi connectivity index (χ4n) is 3.63. The van der Waals surface area contributed by atoms with E-state index in [9.17, 15) is 19.3 Å². The van der Waals surface area contributed by atoms with Gasteiger partial charge in [0.15, 0.2) is 11.6 Å². The SMILES string of the molecule is COc1ccc(N2CCN(c3ccc(C(=O)NC4CC4)cc3[N+](=O)[O-])CC2)cc1F. The Labute approximate surface area is 173 Å². The van der Waals surface area contributed by atoms with Crippen LogP contribution in [0.2, 0.25) is 0 Å². The van der Waals surface area contributed by atoms with Crippen molar-refractivity contribution in [1.29, 1.82) is 0 Å². The Morgan fingerprint density at radius 1 is 1.13 bits per heavy atom. The maximum absolute atomic E-state index is 14.0. The van der Waals surface area contributed by atoms with E-state index in [1.165, 1.54) is 19.2 Å². The van der Waals surface area contributed by atoms with Crippen LogP contribution >= 0.6 is 0 Å². The number of carbonyl (C=O) groups excluding carboxylic acids is 1. The Morgan fingerprint density at radius 3 is 2.43 bits per heavy atom. The van der Waals surface area contributed by atoms with E-state index in [1.54, 1.807) is 24.3 Å². The summed E-state index contributed by atoms with van der Waals surface area (Å²) < 4.78 is 19.0. The molecule has 2 aliphatic rings. The molecule has 30 heavy (non-hydrogen) atoms. The lowest BCUT2D eigenvalue weighted by Crippen LogP contribution is -2.46. The zero-order valence-corrected chi connectivity index (χ0v) is 16.6. The van der Waals surface area contributed by atoms with Crippen LogP contribution in [0.5, 0.6) is 5.75 Å². The first-order valence-electron chi connectivity index (χ1n) is 9.89. The van der Waals surface area contributed by atoms with Crippen molar-refractivity contribution in [2.24, 2.45) is 0 Å². The van der Waals surface area contributed by atoms with Gasteiger partial charge in [-0.1, -0.05) is 0 Å². The van der Waals surface area contributed by atoms with Crippen LogP contribution in [0.1, 0.15) is 23.2 Å². The topological polar surface area (TPSA) is 88.0 Å². The number of hydrogen-bond acceptors (Lipinski definition) is 6. The molecular weight excluding hydrogens is 391 g/mol. The fraction of sp³-hybridized carbons (Fsp3) is 0.381. The molecule has 2 aromatic rings. The number of amides is 1. The average Bonchev–Trinajstić information content (AvgIpc) is 3.57. The van der Waals surface area contributed by atoms with Crippen molar-refractivity contribution in [3.8, 4) is 5.75 Å². The molecule has 4 rings (SSSR count). The largest absolute Gasteiger partial charge is 0.494 e. The zero-order chi connectivity index (χ0) is 21.3. The van der Waals surface area contributed by atoms with Crippen LogP contribution < -0.4 is 19.9 Å². The van der Waals surface area contributed by atoms with Gasteiger partial charge in [-0.05, 0) is 37.1 Å². The van der Waals surface area contributed by atoms with Gasteiger partial charge in [-0.2, -0.15) is 0 Å². The molecular formula is C21H23FN4O4. The number of nitro groups is 1. The first kappa shape index (κ1) is 19.9. The van der Waals surface area contributed by atoms with E-state index in [1.807, 2.05) is 9.80 Å². The number of rotatable bonds is 6. The molecule has 2 aromatic carbocycles. The fourth-order valence-corrected chi connectivity index (χ4v) is 3.63. The number of nitrogens with one attached hydrogen (secondary N) is 1.